The van der Waals surface area contributed by atoms with E-state index in [4.69, 9.17) is 10.5 Å². The fourth-order valence-corrected chi connectivity index (χ4v) is 4.81. The van der Waals surface area contributed by atoms with Gasteiger partial charge in [-0.2, -0.15) is 0 Å². The van der Waals surface area contributed by atoms with E-state index in [1.807, 2.05) is 4.90 Å². The van der Waals surface area contributed by atoms with Gasteiger partial charge in [-0.1, -0.05) is 12.5 Å². The van der Waals surface area contributed by atoms with Crippen LogP contribution in [-0.2, 0) is 9.53 Å². The minimum Gasteiger partial charge on any atom is -0.472 e. The summed E-state index contributed by atoms with van der Waals surface area (Å²) in [5.41, 5.74) is 8.52. The Hall–Kier alpha value is -1.75. The van der Waals surface area contributed by atoms with E-state index in [2.05, 4.69) is 23.4 Å². The van der Waals surface area contributed by atoms with Crippen molar-refractivity contribution in [1.82, 2.24) is 9.80 Å². The number of ether oxygens (including phenoxy) is 1. The maximum absolute atomic E-state index is 12.1. The Balaban J connectivity index is 1.74. The van der Waals surface area contributed by atoms with Crippen LogP contribution in [0.3, 0.4) is 0 Å². The van der Waals surface area contributed by atoms with Gasteiger partial charge in [0, 0.05) is 38.8 Å². The molecule has 2 unspecified atom stereocenters. The highest BCUT2D eigenvalue weighted by atomic mass is 16.5. The molecule has 5 heteroatoms. The second kappa shape index (κ2) is 5.96. The van der Waals surface area contributed by atoms with Gasteiger partial charge in [-0.25, -0.2) is 0 Å². The average molecular weight is 329 g/mol. The van der Waals surface area contributed by atoms with Crippen molar-refractivity contribution >= 4 is 5.91 Å². The van der Waals surface area contributed by atoms with E-state index in [9.17, 15) is 4.79 Å². The van der Waals surface area contributed by atoms with Crippen LogP contribution in [0.1, 0.15) is 51.9 Å². The van der Waals surface area contributed by atoms with Gasteiger partial charge in [-0.3, -0.25) is 4.79 Å². The van der Waals surface area contributed by atoms with Crippen LogP contribution in [0.4, 0.5) is 0 Å². The third-order valence-corrected chi connectivity index (χ3v) is 5.93. The summed E-state index contributed by atoms with van der Waals surface area (Å²) in [6.07, 6.45) is 14.2. The predicted molar refractivity (Wildman–Crippen MR) is 92.2 cm³/mol. The van der Waals surface area contributed by atoms with Gasteiger partial charge in [0.2, 0.25) is 5.91 Å². The highest BCUT2D eigenvalue weighted by molar-refractivity contribution is 5.73. The summed E-state index contributed by atoms with van der Waals surface area (Å²) in [4.78, 5) is 16.2. The fourth-order valence-electron chi connectivity index (χ4n) is 4.81. The first-order valence-corrected chi connectivity index (χ1v) is 9.19. The van der Waals surface area contributed by atoms with Crippen molar-refractivity contribution in [2.45, 2.75) is 58.1 Å². The number of nitrogens with two attached hydrogens (primary N) is 1. The topological polar surface area (TPSA) is 58.8 Å². The van der Waals surface area contributed by atoms with E-state index in [0.717, 1.165) is 37.9 Å². The molecule has 24 heavy (non-hydrogen) atoms. The molecule has 1 spiro atoms. The van der Waals surface area contributed by atoms with Gasteiger partial charge in [0.15, 0.2) is 6.23 Å². The smallest absolute Gasteiger partial charge is 0.222 e. The first-order chi connectivity index (χ1) is 11.7. The summed E-state index contributed by atoms with van der Waals surface area (Å²) >= 11 is 0. The Morgan fingerprint density at radius 3 is 3.12 bits per heavy atom. The molecule has 3 aliphatic heterocycles. The molecule has 1 saturated heterocycles. The van der Waals surface area contributed by atoms with Crippen molar-refractivity contribution in [2.24, 2.45) is 11.1 Å². The Labute approximate surface area is 143 Å². The summed E-state index contributed by atoms with van der Waals surface area (Å²) < 4.78 is 6.48. The lowest BCUT2D eigenvalue weighted by atomic mass is 9.66. The Morgan fingerprint density at radius 2 is 2.33 bits per heavy atom. The van der Waals surface area contributed by atoms with Crippen molar-refractivity contribution in [1.29, 1.82) is 0 Å². The van der Waals surface area contributed by atoms with E-state index in [1.165, 1.54) is 24.1 Å². The molecule has 0 radical (unpaired) electrons. The van der Waals surface area contributed by atoms with Crippen molar-refractivity contribution in [3.05, 3.63) is 35.5 Å². The molecule has 0 aromatic carbocycles. The lowest BCUT2D eigenvalue weighted by Gasteiger charge is -2.42. The highest BCUT2D eigenvalue weighted by Crippen LogP contribution is 2.59. The Kier molecular flexibility index (Phi) is 3.91. The lowest BCUT2D eigenvalue weighted by molar-refractivity contribution is -0.138. The average Bonchev–Trinajstić information content (AvgIpc) is 2.96. The lowest BCUT2D eigenvalue weighted by Crippen LogP contribution is -2.42. The minimum absolute atomic E-state index is 0.0161. The molecule has 3 heterocycles. The van der Waals surface area contributed by atoms with Gasteiger partial charge in [-0.05, 0) is 37.7 Å². The molecule has 2 fully saturated rings. The zero-order chi connectivity index (χ0) is 16.7. The molecule has 0 aromatic heterocycles. The largest absolute Gasteiger partial charge is 0.472 e. The Morgan fingerprint density at radius 1 is 1.46 bits per heavy atom. The first-order valence-electron chi connectivity index (χ1n) is 9.19. The SMILES string of the molecule is CC(=O)N(CCN)C1CC23CCCCC2=CN2C=CCCC2=C3O1. The van der Waals surface area contributed by atoms with Crippen LogP contribution >= 0.6 is 0 Å². The van der Waals surface area contributed by atoms with Crippen LogP contribution < -0.4 is 5.73 Å². The number of rotatable bonds is 3. The van der Waals surface area contributed by atoms with Crippen molar-refractivity contribution in [2.75, 3.05) is 13.1 Å². The third kappa shape index (κ3) is 2.29. The van der Waals surface area contributed by atoms with Gasteiger partial charge in [0.25, 0.3) is 0 Å². The summed E-state index contributed by atoms with van der Waals surface area (Å²) in [5.74, 6) is 1.19. The second-order valence-corrected chi connectivity index (χ2v) is 7.33. The summed E-state index contributed by atoms with van der Waals surface area (Å²) in [5, 5.41) is 0. The summed E-state index contributed by atoms with van der Waals surface area (Å²) in [7, 11) is 0. The number of allylic oxidation sites excluding steroid dienone is 3. The summed E-state index contributed by atoms with van der Waals surface area (Å²) in [6, 6.07) is 0. The van der Waals surface area contributed by atoms with Crippen molar-refractivity contribution in [3.8, 4) is 0 Å². The molecule has 0 bridgehead atoms. The summed E-state index contributed by atoms with van der Waals surface area (Å²) in [6.45, 7) is 2.64. The number of fused-ring (bicyclic) bond motifs is 1. The zero-order valence-corrected chi connectivity index (χ0v) is 14.5. The molecule has 4 aliphatic rings. The molecule has 0 aromatic rings. The fraction of sp³-hybridized carbons (Fsp3) is 0.632. The maximum Gasteiger partial charge on any atom is 0.222 e. The van der Waals surface area contributed by atoms with Gasteiger partial charge < -0.3 is 20.3 Å². The standard InChI is InChI=1S/C19H27N3O2/c1-14(23)22(11-9-20)17-12-19-8-4-2-6-15(19)13-21-10-5-3-7-16(21)18(19)24-17/h5,10,13,17H,2-4,6-9,11-12,20H2,1H3. The van der Waals surface area contributed by atoms with E-state index in [-0.39, 0.29) is 17.6 Å². The molecular formula is C19H27N3O2. The third-order valence-electron chi connectivity index (χ3n) is 5.93. The monoisotopic (exact) mass is 329 g/mol. The van der Waals surface area contributed by atoms with E-state index >= 15 is 0 Å². The van der Waals surface area contributed by atoms with Crippen molar-refractivity contribution in [3.63, 3.8) is 0 Å². The first kappa shape index (κ1) is 15.8. The molecular weight excluding hydrogens is 302 g/mol. The number of carbonyl (C=O) groups excluding carboxylic acids is 1. The van der Waals surface area contributed by atoms with Crippen LogP contribution in [0, 0.1) is 5.41 Å². The molecule has 4 rings (SSSR count). The van der Waals surface area contributed by atoms with Crippen molar-refractivity contribution < 1.29 is 9.53 Å². The van der Waals surface area contributed by atoms with Gasteiger partial charge in [-0.15, -0.1) is 0 Å². The number of amides is 1. The van der Waals surface area contributed by atoms with Crippen LogP contribution in [0.2, 0.25) is 0 Å². The zero-order valence-electron chi connectivity index (χ0n) is 14.5. The van der Waals surface area contributed by atoms with E-state index in [0.29, 0.717) is 13.1 Å². The highest BCUT2D eigenvalue weighted by Gasteiger charge is 2.54. The number of hydrogen-bond acceptors (Lipinski definition) is 4. The molecule has 2 atom stereocenters. The molecule has 5 nitrogen and oxygen atoms in total. The van der Waals surface area contributed by atoms with Crippen LogP contribution in [0.25, 0.3) is 0 Å². The molecule has 2 N–H and O–H groups in total. The molecule has 1 saturated carbocycles. The number of carbonyl (C=O) groups is 1. The molecule has 130 valence electrons. The van der Waals surface area contributed by atoms with Crippen LogP contribution in [0.15, 0.2) is 35.5 Å². The molecule has 1 amide bonds. The van der Waals surface area contributed by atoms with Gasteiger partial charge in [0.1, 0.15) is 5.76 Å². The van der Waals surface area contributed by atoms with Gasteiger partial charge >= 0.3 is 0 Å². The normalized spacial score (nSPS) is 31.0. The predicted octanol–water partition coefficient (Wildman–Crippen LogP) is 2.82. The van der Waals surface area contributed by atoms with Crippen LogP contribution in [-0.4, -0.2) is 35.0 Å². The van der Waals surface area contributed by atoms with Gasteiger partial charge in [0.05, 0.1) is 11.1 Å². The van der Waals surface area contributed by atoms with E-state index < -0.39 is 0 Å². The minimum atomic E-state index is -0.180. The maximum atomic E-state index is 12.1. The number of nitrogens with zero attached hydrogens (tertiary/aromatic N) is 2. The second-order valence-electron chi connectivity index (χ2n) is 7.33. The molecule has 1 aliphatic carbocycles. The number of hydrogen-bond donors (Lipinski definition) is 1. The quantitative estimate of drug-likeness (QED) is 0.865. The van der Waals surface area contributed by atoms with E-state index in [1.54, 1.807) is 6.92 Å². The van der Waals surface area contributed by atoms with Crippen LogP contribution in [0.5, 0.6) is 0 Å². The Bertz CT molecular complexity index is 637.